The van der Waals surface area contributed by atoms with E-state index in [2.05, 4.69) is 19.2 Å². The molecular weight excluding hydrogens is 256 g/mol. The summed E-state index contributed by atoms with van der Waals surface area (Å²) < 4.78 is 4.85. The van der Waals surface area contributed by atoms with Gasteiger partial charge in [-0.15, -0.1) is 0 Å². The van der Waals surface area contributed by atoms with Crippen molar-refractivity contribution >= 4 is 11.9 Å². The summed E-state index contributed by atoms with van der Waals surface area (Å²) in [4.78, 5) is 24.9. The van der Waals surface area contributed by atoms with E-state index in [1.54, 1.807) is 6.92 Å². The number of hydrogen-bond donors (Lipinski definition) is 1. The van der Waals surface area contributed by atoms with Crippen LogP contribution in [0.1, 0.15) is 47.0 Å². The summed E-state index contributed by atoms with van der Waals surface area (Å²) in [6.07, 6.45) is 2.43. The summed E-state index contributed by atoms with van der Waals surface area (Å²) in [5.74, 6) is 0.444. The minimum absolute atomic E-state index is 0.00705. The van der Waals surface area contributed by atoms with E-state index in [1.807, 2.05) is 18.9 Å². The highest BCUT2D eigenvalue weighted by atomic mass is 16.5. The molecule has 0 spiro atoms. The van der Waals surface area contributed by atoms with Gasteiger partial charge in [-0.05, 0) is 39.7 Å². The summed E-state index contributed by atoms with van der Waals surface area (Å²) in [5.41, 5.74) is 0. The predicted molar refractivity (Wildman–Crippen MR) is 80.4 cm³/mol. The normalized spacial score (nSPS) is 12.6. The Hall–Kier alpha value is -1.10. The van der Waals surface area contributed by atoms with Gasteiger partial charge in [0.05, 0.1) is 19.6 Å². The molecule has 0 saturated heterocycles. The third kappa shape index (κ3) is 10.8. The molecule has 0 bridgehead atoms. The second kappa shape index (κ2) is 10.7. The number of nitrogens with zero attached hydrogens (tertiary/aromatic N) is 1. The van der Waals surface area contributed by atoms with Crippen molar-refractivity contribution in [1.82, 2.24) is 10.2 Å². The van der Waals surface area contributed by atoms with Crippen molar-refractivity contribution in [2.45, 2.75) is 53.0 Å². The maximum Gasteiger partial charge on any atom is 0.307 e. The van der Waals surface area contributed by atoms with E-state index in [4.69, 9.17) is 4.74 Å². The molecule has 5 heteroatoms. The number of nitrogens with one attached hydrogen (secondary N) is 1. The number of rotatable bonds is 10. The topological polar surface area (TPSA) is 58.6 Å². The van der Waals surface area contributed by atoms with Crippen molar-refractivity contribution in [2.75, 3.05) is 26.7 Å². The van der Waals surface area contributed by atoms with Gasteiger partial charge in [-0.25, -0.2) is 0 Å². The maximum absolute atomic E-state index is 11.8. The zero-order valence-electron chi connectivity index (χ0n) is 13.6. The maximum atomic E-state index is 11.8. The summed E-state index contributed by atoms with van der Waals surface area (Å²) >= 11 is 0. The van der Waals surface area contributed by atoms with Gasteiger partial charge < -0.3 is 10.1 Å². The molecule has 0 aromatic heterocycles. The standard InChI is InChI=1S/C15H30N2O3/c1-6-20-15(19)9-10-17(5)11-14(18)16-13(4)8-7-12(2)3/h12-13H,6-11H2,1-5H3,(H,16,18). The first-order valence-corrected chi connectivity index (χ1v) is 7.48. The monoisotopic (exact) mass is 286 g/mol. The number of esters is 1. The summed E-state index contributed by atoms with van der Waals surface area (Å²) in [6, 6.07) is 0.198. The molecule has 0 aliphatic carbocycles. The van der Waals surface area contributed by atoms with Crippen molar-refractivity contribution in [1.29, 1.82) is 0 Å². The first-order chi connectivity index (χ1) is 9.35. The van der Waals surface area contributed by atoms with Gasteiger partial charge >= 0.3 is 5.97 Å². The van der Waals surface area contributed by atoms with Crippen LogP contribution >= 0.6 is 0 Å². The third-order valence-electron chi connectivity index (χ3n) is 3.00. The van der Waals surface area contributed by atoms with Gasteiger partial charge in [-0.3, -0.25) is 14.5 Å². The van der Waals surface area contributed by atoms with Crippen LogP contribution in [0.4, 0.5) is 0 Å². The lowest BCUT2D eigenvalue weighted by Crippen LogP contribution is -2.40. The fraction of sp³-hybridized carbons (Fsp3) is 0.867. The molecule has 118 valence electrons. The molecule has 1 N–H and O–H groups in total. The van der Waals surface area contributed by atoms with Gasteiger partial charge in [0.25, 0.3) is 0 Å². The van der Waals surface area contributed by atoms with Crippen LogP contribution in [0, 0.1) is 5.92 Å². The van der Waals surface area contributed by atoms with Gasteiger partial charge in [0.15, 0.2) is 0 Å². The van der Waals surface area contributed by atoms with Crippen molar-refractivity contribution < 1.29 is 14.3 Å². The lowest BCUT2D eigenvalue weighted by Gasteiger charge is -2.19. The molecule has 1 atom stereocenters. The molecule has 0 fully saturated rings. The Balaban J connectivity index is 3.81. The molecule has 5 nitrogen and oxygen atoms in total. The van der Waals surface area contributed by atoms with Crippen molar-refractivity contribution in [3.8, 4) is 0 Å². The van der Waals surface area contributed by atoms with E-state index >= 15 is 0 Å². The molecule has 20 heavy (non-hydrogen) atoms. The van der Waals surface area contributed by atoms with Crippen LogP contribution < -0.4 is 5.32 Å². The van der Waals surface area contributed by atoms with Crippen LogP contribution in [0.5, 0.6) is 0 Å². The Bertz CT molecular complexity index is 293. The van der Waals surface area contributed by atoms with Gasteiger partial charge in [0.1, 0.15) is 0 Å². The van der Waals surface area contributed by atoms with E-state index in [0.717, 1.165) is 12.8 Å². The molecule has 0 aliphatic heterocycles. The average molecular weight is 286 g/mol. The van der Waals surface area contributed by atoms with Gasteiger partial charge in [0.2, 0.25) is 5.91 Å². The fourth-order valence-corrected chi connectivity index (χ4v) is 1.82. The van der Waals surface area contributed by atoms with Crippen LogP contribution in [-0.4, -0.2) is 49.6 Å². The van der Waals surface area contributed by atoms with E-state index < -0.39 is 0 Å². The van der Waals surface area contributed by atoms with E-state index in [9.17, 15) is 9.59 Å². The zero-order valence-corrected chi connectivity index (χ0v) is 13.6. The number of hydrogen-bond acceptors (Lipinski definition) is 4. The van der Waals surface area contributed by atoms with Gasteiger partial charge in [-0.2, -0.15) is 0 Å². The minimum Gasteiger partial charge on any atom is -0.466 e. The Morgan fingerprint density at radius 3 is 2.40 bits per heavy atom. The van der Waals surface area contributed by atoms with E-state index in [1.165, 1.54) is 0 Å². The lowest BCUT2D eigenvalue weighted by atomic mass is 10.0. The molecule has 1 amide bonds. The molecule has 1 unspecified atom stereocenters. The number of carbonyl (C=O) groups is 2. The SMILES string of the molecule is CCOC(=O)CCN(C)CC(=O)NC(C)CCC(C)C. The average Bonchev–Trinajstić information content (AvgIpc) is 2.34. The quantitative estimate of drug-likeness (QED) is 0.622. The fourth-order valence-electron chi connectivity index (χ4n) is 1.82. The van der Waals surface area contributed by atoms with Crippen LogP contribution in [0.25, 0.3) is 0 Å². The second-order valence-electron chi connectivity index (χ2n) is 5.73. The first kappa shape index (κ1) is 18.9. The van der Waals surface area contributed by atoms with E-state index in [0.29, 0.717) is 32.0 Å². The Kier molecular flexibility index (Phi) is 10.1. The molecule has 0 aromatic rings. The highest BCUT2D eigenvalue weighted by molar-refractivity contribution is 5.78. The smallest absolute Gasteiger partial charge is 0.307 e. The van der Waals surface area contributed by atoms with Crippen molar-refractivity contribution in [3.05, 3.63) is 0 Å². The highest BCUT2D eigenvalue weighted by Crippen LogP contribution is 2.06. The minimum atomic E-state index is -0.218. The van der Waals surface area contributed by atoms with Crippen LogP contribution in [0.2, 0.25) is 0 Å². The Labute approximate surface area is 123 Å². The molecule has 0 aliphatic rings. The van der Waals surface area contributed by atoms with Crippen LogP contribution in [0.15, 0.2) is 0 Å². The Morgan fingerprint density at radius 2 is 1.85 bits per heavy atom. The van der Waals surface area contributed by atoms with Crippen LogP contribution in [-0.2, 0) is 14.3 Å². The highest BCUT2D eigenvalue weighted by Gasteiger charge is 2.11. The van der Waals surface area contributed by atoms with Crippen molar-refractivity contribution in [3.63, 3.8) is 0 Å². The second-order valence-corrected chi connectivity index (χ2v) is 5.73. The number of amides is 1. The lowest BCUT2D eigenvalue weighted by molar-refractivity contribution is -0.143. The molecule has 0 saturated carbocycles. The number of carbonyl (C=O) groups excluding carboxylic acids is 2. The van der Waals surface area contributed by atoms with Crippen molar-refractivity contribution in [2.24, 2.45) is 5.92 Å². The molecular formula is C15H30N2O3. The molecule has 0 rings (SSSR count). The Morgan fingerprint density at radius 1 is 1.20 bits per heavy atom. The number of likely N-dealkylation sites (N-methyl/N-ethyl adjacent to an activating group) is 1. The largest absolute Gasteiger partial charge is 0.466 e. The molecule has 0 aromatic carbocycles. The molecule has 0 radical (unpaired) electrons. The third-order valence-corrected chi connectivity index (χ3v) is 3.00. The van der Waals surface area contributed by atoms with Gasteiger partial charge in [-0.1, -0.05) is 13.8 Å². The first-order valence-electron chi connectivity index (χ1n) is 7.48. The van der Waals surface area contributed by atoms with Gasteiger partial charge in [0, 0.05) is 12.6 Å². The summed E-state index contributed by atoms with van der Waals surface area (Å²) in [5, 5.41) is 2.98. The molecule has 0 heterocycles. The van der Waals surface area contributed by atoms with E-state index in [-0.39, 0.29) is 17.9 Å². The predicted octanol–water partition coefficient (Wildman–Crippen LogP) is 1.81. The zero-order chi connectivity index (χ0) is 15.5. The number of ether oxygens (including phenoxy) is 1. The summed E-state index contributed by atoms with van der Waals surface area (Å²) in [6.45, 7) is 9.41. The summed E-state index contributed by atoms with van der Waals surface area (Å²) in [7, 11) is 1.83. The van der Waals surface area contributed by atoms with Crippen LogP contribution in [0.3, 0.4) is 0 Å².